The lowest BCUT2D eigenvalue weighted by Gasteiger charge is -2.12. The highest BCUT2D eigenvalue weighted by Crippen LogP contribution is 2.35. The lowest BCUT2D eigenvalue weighted by atomic mass is 10.2. The molecule has 0 aliphatic carbocycles. The van der Waals surface area contributed by atoms with E-state index in [4.69, 9.17) is 21.4 Å². The maximum absolute atomic E-state index is 9.14. The van der Waals surface area contributed by atoms with Gasteiger partial charge in [-0.15, -0.1) is 0 Å². The van der Waals surface area contributed by atoms with Crippen LogP contribution in [-0.4, -0.2) is 5.11 Å². The van der Waals surface area contributed by atoms with E-state index < -0.39 is 0 Å². The normalized spacial score (nSPS) is 10.7. The van der Waals surface area contributed by atoms with Crippen LogP contribution in [0, 0.1) is 0 Å². The molecule has 20 heavy (non-hydrogen) atoms. The van der Waals surface area contributed by atoms with Gasteiger partial charge >= 0.3 is 0 Å². The molecule has 2 aromatic carbocycles. The predicted molar refractivity (Wildman–Crippen MR) is 91.2 cm³/mol. The number of ether oxygens (including phenoxy) is 1. The second-order valence-electron chi connectivity index (χ2n) is 4.07. The van der Waals surface area contributed by atoms with Gasteiger partial charge in [-0.05, 0) is 61.7 Å². The first-order valence-electron chi connectivity index (χ1n) is 5.66. The zero-order chi connectivity index (χ0) is 14.7. The lowest BCUT2D eigenvalue weighted by molar-refractivity contribution is 0.280. The third kappa shape index (κ3) is 3.98. The number of aliphatic hydroxyl groups excluding tert-OH is 1. The highest BCUT2D eigenvalue weighted by atomic mass is 79.9. The number of halogens is 4. The van der Waals surface area contributed by atoms with Gasteiger partial charge in [0.2, 0.25) is 0 Å². The first-order chi connectivity index (χ1) is 9.51. The minimum absolute atomic E-state index is 0.0178. The fraction of sp³-hybridized carbons (Fsp3) is 0.143. The van der Waals surface area contributed by atoms with Gasteiger partial charge in [0, 0.05) is 15.1 Å². The fourth-order valence-electron chi connectivity index (χ4n) is 1.63. The van der Waals surface area contributed by atoms with Crippen molar-refractivity contribution in [2.75, 3.05) is 0 Å². The van der Waals surface area contributed by atoms with Crippen molar-refractivity contribution < 1.29 is 9.84 Å². The average molecular weight is 485 g/mol. The number of aliphatic hydroxyl groups is 1. The van der Waals surface area contributed by atoms with E-state index in [0.717, 1.165) is 24.5 Å². The van der Waals surface area contributed by atoms with Crippen molar-refractivity contribution in [2.45, 2.75) is 13.2 Å². The van der Waals surface area contributed by atoms with E-state index in [1.165, 1.54) is 0 Å². The van der Waals surface area contributed by atoms with E-state index >= 15 is 0 Å². The minimum atomic E-state index is -0.0178. The molecule has 6 heteroatoms. The Labute approximate surface area is 147 Å². The van der Waals surface area contributed by atoms with Gasteiger partial charge in [0.1, 0.15) is 12.4 Å². The molecule has 0 aliphatic heterocycles. The van der Waals surface area contributed by atoms with Crippen LogP contribution < -0.4 is 4.74 Å². The van der Waals surface area contributed by atoms with E-state index in [1.54, 1.807) is 0 Å². The van der Waals surface area contributed by atoms with Crippen molar-refractivity contribution in [1.82, 2.24) is 0 Å². The molecule has 0 saturated heterocycles. The summed E-state index contributed by atoms with van der Waals surface area (Å²) in [5.41, 5.74) is 1.71. The third-order valence-electron chi connectivity index (χ3n) is 2.63. The summed E-state index contributed by atoms with van der Waals surface area (Å²) in [5, 5.41) is 9.79. The second-order valence-corrected chi connectivity index (χ2v) is 7.10. The molecule has 0 radical (unpaired) electrons. The van der Waals surface area contributed by atoms with Crippen molar-refractivity contribution in [3.05, 3.63) is 59.9 Å². The number of hydrogen-bond donors (Lipinski definition) is 1. The molecule has 2 rings (SSSR count). The van der Waals surface area contributed by atoms with Crippen LogP contribution >= 0.6 is 59.4 Å². The molecule has 0 bridgehead atoms. The van der Waals surface area contributed by atoms with Crippen LogP contribution in [-0.2, 0) is 13.2 Å². The maximum atomic E-state index is 9.14. The molecule has 0 amide bonds. The fourth-order valence-corrected chi connectivity index (χ4v) is 3.87. The quantitative estimate of drug-likeness (QED) is 0.602. The van der Waals surface area contributed by atoms with Crippen LogP contribution in [0.1, 0.15) is 11.1 Å². The van der Waals surface area contributed by atoms with Crippen molar-refractivity contribution >= 4 is 59.4 Å². The summed E-state index contributed by atoms with van der Waals surface area (Å²) in [6.07, 6.45) is 0. The van der Waals surface area contributed by atoms with Crippen LogP contribution in [0.15, 0.2) is 43.7 Å². The molecule has 2 aromatic rings. The smallest absolute Gasteiger partial charge is 0.148 e. The lowest BCUT2D eigenvalue weighted by Crippen LogP contribution is -1.98. The number of rotatable bonds is 4. The molecule has 106 valence electrons. The summed E-state index contributed by atoms with van der Waals surface area (Å²) in [4.78, 5) is 0. The van der Waals surface area contributed by atoms with Gasteiger partial charge in [0.25, 0.3) is 0 Å². The Kier molecular flexibility index (Phi) is 5.93. The van der Waals surface area contributed by atoms with Crippen molar-refractivity contribution in [3.63, 3.8) is 0 Å². The molecule has 1 N–H and O–H groups in total. The average Bonchev–Trinajstić information content (AvgIpc) is 2.39. The molecule has 0 heterocycles. The second kappa shape index (κ2) is 7.27. The molecule has 0 aliphatic rings. The Hall–Kier alpha value is -0.0700. The van der Waals surface area contributed by atoms with Gasteiger partial charge in [0.15, 0.2) is 0 Å². The molecule has 0 saturated carbocycles. The zero-order valence-corrected chi connectivity index (χ0v) is 15.7. The summed E-state index contributed by atoms with van der Waals surface area (Å²) in [6.45, 7) is 0.345. The molecular formula is C14H10Br3ClO2. The van der Waals surface area contributed by atoms with Crippen molar-refractivity contribution in [1.29, 1.82) is 0 Å². The van der Waals surface area contributed by atoms with Crippen LogP contribution in [0.2, 0.25) is 5.02 Å². The van der Waals surface area contributed by atoms with Gasteiger partial charge in [-0.3, -0.25) is 0 Å². The standard InChI is InChI=1S/C14H10Br3ClO2/c15-10-2-1-9(13(18)5-10)7-20-14-11(16)3-8(6-19)4-12(14)17/h1-5,19H,6-7H2. The Morgan fingerprint density at radius 2 is 1.70 bits per heavy atom. The largest absolute Gasteiger partial charge is 0.486 e. The van der Waals surface area contributed by atoms with Gasteiger partial charge in [0.05, 0.1) is 15.6 Å². The van der Waals surface area contributed by atoms with Gasteiger partial charge in [-0.2, -0.15) is 0 Å². The Morgan fingerprint density at radius 3 is 2.25 bits per heavy atom. The SMILES string of the molecule is OCc1cc(Br)c(OCc2ccc(Br)cc2Cl)c(Br)c1. The highest BCUT2D eigenvalue weighted by Gasteiger charge is 2.10. The Morgan fingerprint density at radius 1 is 1.05 bits per heavy atom. The van der Waals surface area contributed by atoms with Gasteiger partial charge in [-0.25, -0.2) is 0 Å². The first-order valence-corrected chi connectivity index (χ1v) is 8.42. The molecule has 0 atom stereocenters. The van der Waals surface area contributed by atoms with Crippen LogP contribution in [0.3, 0.4) is 0 Å². The number of benzene rings is 2. The zero-order valence-electron chi connectivity index (χ0n) is 10.2. The Balaban J connectivity index is 2.19. The van der Waals surface area contributed by atoms with E-state index in [2.05, 4.69) is 47.8 Å². The topological polar surface area (TPSA) is 29.5 Å². The van der Waals surface area contributed by atoms with E-state index in [-0.39, 0.29) is 6.61 Å². The van der Waals surface area contributed by atoms with E-state index in [0.29, 0.717) is 17.4 Å². The van der Waals surface area contributed by atoms with E-state index in [9.17, 15) is 0 Å². The summed E-state index contributed by atoms with van der Waals surface area (Å²) in [6, 6.07) is 9.31. The van der Waals surface area contributed by atoms with Crippen molar-refractivity contribution in [3.8, 4) is 5.75 Å². The monoisotopic (exact) mass is 482 g/mol. The van der Waals surface area contributed by atoms with Gasteiger partial charge in [-0.1, -0.05) is 33.6 Å². The van der Waals surface area contributed by atoms with Crippen molar-refractivity contribution in [2.24, 2.45) is 0 Å². The van der Waals surface area contributed by atoms with Crippen LogP contribution in [0.25, 0.3) is 0 Å². The molecule has 2 nitrogen and oxygen atoms in total. The van der Waals surface area contributed by atoms with Crippen LogP contribution in [0.4, 0.5) is 0 Å². The minimum Gasteiger partial charge on any atom is -0.486 e. The highest BCUT2D eigenvalue weighted by molar-refractivity contribution is 9.11. The summed E-state index contributed by atoms with van der Waals surface area (Å²) in [5.74, 6) is 0.682. The molecule has 0 fully saturated rings. The maximum Gasteiger partial charge on any atom is 0.148 e. The third-order valence-corrected chi connectivity index (χ3v) is 4.65. The first kappa shape index (κ1) is 16.3. The van der Waals surface area contributed by atoms with Gasteiger partial charge < -0.3 is 9.84 Å². The van der Waals surface area contributed by atoms with E-state index in [1.807, 2.05) is 30.3 Å². The molecule has 0 aromatic heterocycles. The predicted octanol–water partition coefficient (Wildman–Crippen LogP) is 5.70. The van der Waals surface area contributed by atoms with Crippen LogP contribution in [0.5, 0.6) is 5.75 Å². The molecule has 0 spiro atoms. The summed E-state index contributed by atoms with van der Waals surface area (Å²) in [7, 11) is 0. The summed E-state index contributed by atoms with van der Waals surface area (Å²) < 4.78 is 8.29. The number of hydrogen-bond acceptors (Lipinski definition) is 2. The Bertz CT molecular complexity index is 609. The molecular weight excluding hydrogens is 475 g/mol. The summed E-state index contributed by atoms with van der Waals surface area (Å²) >= 11 is 16.4. The molecule has 0 unspecified atom stereocenters.